The van der Waals surface area contributed by atoms with Crippen molar-refractivity contribution in [3.05, 3.63) is 52.4 Å². The molecule has 1 aromatic carbocycles. The molecule has 1 amide bonds. The number of aromatic nitrogens is 1. The van der Waals surface area contributed by atoms with Crippen LogP contribution in [0.25, 0.3) is 0 Å². The van der Waals surface area contributed by atoms with Crippen LogP contribution in [0, 0.1) is 17.1 Å². The average molecular weight is 460 g/mol. The minimum atomic E-state index is -0.418. The topological polar surface area (TPSA) is 101 Å². The van der Waals surface area contributed by atoms with E-state index in [1.807, 2.05) is 11.0 Å². The molecule has 32 heavy (non-hydrogen) atoms. The second-order valence-corrected chi connectivity index (χ2v) is 8.26. The van der Waals surface area contributed by atoms with Gasteiger partial charge in [0.2, 0.25) is 0 Å². The number of nitriles is 1. The van der Waals surface area contributed by atoms with E-state index in [9.17, 15) is 9.18 Å². The van der Waals surface area contributed by atoms with E-state index in [4.69, 9.17) is 22.0 Å². The quantitative estimate of drug-likeness (QED) is 0.648. The molecular weight excluding hydrogens is 433 g/mol. The first kappa shape index (κ1) is 23.8. The average Bonchev–Trinajstić information content (AvgIpc) is 2.81. The van der Waals surface area contributed by atoms with Crippen molar-refractivity contribution in [2.24, 2.45) is 0 Å². The standard InChI is InChI=1S/C16H23FN4O.C7H4ClNO/c17-14-10-12(16(22)20-13-4-2-1-3-5-13)11-19-15(14)21-8-6-18-7-9-21;8-7-3-6(10)2-1-5(7)4-9/h10-11,13,18H,1-9H2,(H,20,22);1-3,10H. The number of nitrogens with one attached hydrogen (secondary N) is 2. The van der Waals surface area contributed by atoms with Crippen molar-refractivity contribution < 1.29 is 14.3 Å². The van der Waals surface area contributed by atoms with E-state index in [1.54, 1.807) is 0 Å². The zero-order valence-corrected chi connectivity index (χ0v) is 18.5. The Morgan fingerprint density at radius 2 is 1.97 bits per heavy atom. The molecule has 2 fully saturated rings. The number of carbonyl (C=O) groups is 1. The van der Waals surface area contributed by atoms with E-state index in [-0.39, 0.29) is 22.7 Å². The number of anilines is 1. The van der Waals surface area contributed by atoms with Gasteiger partial charge in [-0.25, -0.2) is 9.37 Å². The lowest BCUT2D eigenvalue weighted by atomic mass is 9.95. The van der Waals surface area contributed by atoms with Gasteiger partial charge in [0.15, 0.2) is 11.6 Å². The number of phenolic OH excluding ortho intramolecular Hbond substituents is 1. The van der Waals surface area contributed by atoms with E-state index in [1.165, 1.54) is 36.9 Å². The third-order valence-corrected chi connectivity index (χ3v) is 5.83. The third kappa shape index (κ3) is 6.55. The van der Waals surface area contributed by atoms with Gasteiger partial charge in [0.05, 0.1) is 16.1 Å². The highest BCUT2D eigenvalue weighted by Crippen LogP contribution is 2.21. The molecular formula is C23H27ClFN5O2. The molecule has 1 aromatic heterocycles. The molecule has 1 saturated carbocycles. The van der Waals surface area contributed by atoms with E-state index < -0.39 is 5.82 Å². The highest BCUT2D eigenvalue weighted by atomic mass is 35.5. The fourth-order valence-corrected chi connectivity index (χ4v) is 3.99. The van der Waals surface area contributed by atoms with Gasteiger partial charge in [0, 0.05) is 38.4 Å². The Balaban J connectivity index is 0.000000243. The molecule has 7 nitrogen and oxygen atoms in total. The maximum atomic E-state index is 14.3. The summed E-state index contributed by atoms with van der Waals surface area (Å²) in [4.78, 5) is 18.3. The molecule has 2 aliphatic rings. The number of benzene rings is 1. The molecule has 1 aliphatic heterocycles. The van der Waals surface area contributed by atoms with Gasteiger partial charge in [-0.3, -0.25) is 4.79 Å². The lowest BCUT2D eigenvalue weighted by Gasteiger charge is -2.28. The van der Waals surface area contributed by atoms with Crippen LogP contribution in [-0.2, 0) is 0 Å². The molecule has 3 N–H and O–H groups in total. The monoisotopic (exact) mass is 459 g/mol. The van der Waals surface area contributed by atoms with E-state index >= 15 is 0 Å². The van der Waals surface area contributed by atoms with Gasteiger partial charge in [0.1, 0.15) is 11.8 Å². The lowest BCUT2D eigenvalue weighted by molar-refractivity contribution is 0.0927. The number of carbonyl (C=O) groups excluding carboxylic acids is 1. The lowest BCUT2D eigenvalue weighted by Crippen LogP contribution is -2.44. The smallest absolute Gasteiger partial charge is 0.253 e. The number of hydrogen-bond donors (Lipinski definition) is 3. The van der Waals surface area contributed by atoms with Crippen LogP contribution in [0.3, 0.4) is 0 Å². The Bertz CT molecular complexity index is 969. The summed E-state index contributed by atoms with van der Waals surface area (Å²) in [6, 6.07) is 7.63. The predicted octanol–water partition coefficient (Wildman–Crippen LogP) is 3.61. The first-order valence-electron chi connectivity index (χ1n) is 10.8. The normalized spacial score (nSPS) is 16.5. The molecule has 0 spiro atoms. The van der Waals surface area contributed by atoms with Crippen LogP contribution in [-0.4, -0.2) is 48.2 Å². The van der Waals surface area contributed by atoms with Crippen LogP contribution < -0.4 is 15.5 Å². The maximum Gasteiger partial charge on any atom is 0.253 e. The SMILES string of the molecule is N#Cc1ccc(O)cc1Cl.O=C(NC1CCCCC1)c1cnc(N2CCNCC2)c(F)c1. The summed E-state index contributed by atoms with van der Waals surface area (Å²) in [6.07, 6.45) is 7.06. The Morgan fingerprint density at radius 1 is 1.25 bits per heavy atom. The number of phenols is 1. The Hall–Kier alpha value is -2.89. The number of pyridine rings is 1. The molecule has 9 heteroatoms. The fourth-order valence-electron chi connectivity index (χ4n) is 3.77. The van der Waals surface area contributed by atoms with Gasteiger partial charge in [-0.1, -0.05) is 30.9 Å². The first-order valence-corrected chi connectivity index (χ1v) is 11.2. The second kappa shape index (κ2) is 11.7. The highest BCUT2D eigenvalue weighted by molar-refractivity contribution is 6.31. The Kier molecular flexibility index (Phi) is 8.65. The molecule has 0 atom stereocenters. The van der Waals surface area contributed by atoms with Crippen molar-refractivity contribution >= 4 is 23.3 Å². The zero-order chi connectivity index (χ0) is 22.9. The highest BCUT2D eigenvalue weighted by Gasteiger charge is 2.20. The van der Waals surface area contributed by atoms with Crippen LogP contribution in [0.15, 0.2) is 30.5 Å². The van der Waals surface area contributed by atoms with Crippen molar-refractivity contribution in [2.45, 2.75) is 38.1 Å². The van der Waals surface area contributed by atoms with Gasteiger partial charge in [-0.15, -0.1) is 0 Å². The second-order valence-electron chi connectivity index (χ2n) is 7.85. The van der Waals surface area contributed by atoms with E-state index in [0.717, 1.165) is 51.9 Å². The summed E-state index contributed by atoms with van der Waals surface area (Å²) < 4.78 is 14.3. The van der Waals surface area contributed by atoms with Crippen LogP contribution in [0.1, 0.15) is 48.0 Å². The fraction of sp³-hybridized carbons (Fsp3) is 0.435. The van der Waals surface area contributed by atoms with Gasteiger partial charge in [-0.05, 0) is 37.1 Å². The predicted molar refractivity (Wildman–Crippen MR) is 121 cm³/mol. The number of aromatic hydroxyl groups is 1. The summed E-state index contributed by atoms with van der Waals surface area (Å²) in [6.45, 7) is 3.12. The van der Waals surface area contributed by atoms with Crippen molar-refractivity contribution in [3.63, 3.8) is 0 Å². The summed E-state index contributed by atoms with van der Waals surface area (Å²) in [5.74, 6) is -0.219. The van der Waals surface area contributed by atoms with Crippen LogP contribution in [0.4, 0.5) is 10.2 Å². The summed E-state index contributed by atoms with van der Waals surface area (Å²) in [5.41, 5.74) is 0.682. The maximum absolute atomic E-state index is 14.3. The van der Waals surface area contributed by atoms with Gasteiger partial charge >= 0.3 is 0 Å². The first-order chi connectivity index (χ1) is 15.5. The Morgan fingerprint density at radius 3 is 2.59 bits per heavy atom. The zero-order valence-electron chi connectivity index (χ0n) is 17.8. The Labute approximate surface area is 192 Å². The number of halogens is 2. The van der Waals surface area contributed by atoms with Crippen LogP contribution in [0.2, 0.25) is 5.02 Å². The largest absolute Gasteiger partial charge is 0.508 e. The molecule has 1 saturated heterocycles. The van der Waals surface area contributed by atoms with Crippen molar-refractivity contribution in [3.8, 4) is 11.8 Å². The molecule has 2 heterocycles. The van der Waals surface area contributed by atoms with Crippen molar-refractivity contribution in [2.75, 3.05) is 31.1 Å². The van der Waals surface area contributed by atoms with Crippen LogP contribution in [0.5, 0.6) is 5.75 Å². The minimum absolute atomic E-state index is 0.0731. The van der Waals surface area contributed by atoms with Crippen LogP contribution >= 0.6 is 11.6 Å². The number of rotatable bonds is 3. The molecule has 2 aromatic rings. The number of hydrogen-bond acceptors (Lipinski definition) is 6. The number of nitrogens with zero attached hydrogens (tertiary/aromatic N) is 3. The molecule has 170 valence electrons. The van der Waals surface area contributed by atoms with Gasteiger partial charge in [0.25, 0.3) is 5.91 Å². The van der Waals surface area contributed by atoms with Crippen molar-refractivity contribution in [1.29, 1.82) is 5.26 Å². The summed E-state index contributed by atoms with van der Waals surface area (Å²) >= 11 is 5.55. The third-order valence-electron chi connectivity index (χ3n) is 5.51. The molecule has 0 radical (unpaired) electrons. The summed E-state index contributed by atoms with van der Waals surface area (Å²) in [5, 5.41) is 23.7. The molecule has 0 bridgehead atoms. The van der Waals surface area contributed by atoms with E-state index in [0.29, 0.717) is 16.9 Å². The number of amides is 1. The van der Waals surface area contributed by atoms with Gasteiger partial charge in [-0.2, -0.15) is 5.26 Å². The van der Waals surface area contributed by atoms with E-state index in [2.05, 4.69) is 15.6 Å². The molecule has 4 rings (SSSR count). The van der Waals surface area contributed by atoms with Gasteiger partial charge < -0.3 is 20.6 Å². The van der Waals surface area contributed by atoms with Crippen molar-refractivity contribution in [1.82, 2.24) is 15.6 Å². The number of piperazine rings is 1. The molecule has 0 unspecified atom stereocenters. The molecule has 1 aliphatic carbocycles. The summed E-state index contributed by atoms with van der Waals surface area (Å²) in [7, 11) is 0. The minimum Gasteiger partial charge on any atom is -0.508 e.